The van der Waals surface area contributed by atoms with Crippen LogP contribution in [0.25, 0.3) is 0 Å². The Balaban J connectivity index is 1.28. The van der Waals surface area contributed by atoms with Crippen LogP contribution < -0.4 is 5.32 Å². The number of imide groups is 1. The van der Waals surface area contributed by atoms with Gasteiger partial charge in [-0.05, 0) is 25.3 Å². The van der Waals surface area contributed by atoms with E-state index in [4.69, 9.17) is 0 Å². The van der Waals surface area contributed by atoms with Gasteiger partial charge < -0.3 is 9.88 Å². The van der Waals surface area contributed by atoms with Crippen molar-refractivity contribution in [3.63, 3.8) is 0 Å². The van der Waals surface area contributed by atoms with Crippen molar-refractivity contribution < 1.29 is 14.4 Å². The molecule has 0 radical (unpaired) electrons. The Hall–Kier alpha value is -3.03. The number of aliphatic imine (C=N–C) groups is 1. The molecule has 1 aliphatic carbocycles. The van der Waals surface area contributed by atoms with E-state index in [1.54, 1.807) is 36.8 Å². The standard InChI is InChI=1S/C20H25N5O3/c26-18(22-10-6-12-24-14-11-21-15-24)9-2-1-5-13-25-19(27)16-7-3-4-8-17(16)23-20(25)28/h3-4,7-8,11,14-16H,1-2,5-6,9-10,12-13H2,(H,22,26). The van der Waals surface area contributed by atoms with Gasteiger partial charge >= 0.3 is 6.03 Å². The van der Waals surface area contributed by atoms with E-state index in [2.05, 4.69) is 15.3 Å². The van der Waals surface area contributed by atoms with Crippen LogP contribution in [0.1, 0.15) is 32.1 Å². The van der Waals surface area contributed by atoms with Crippen molar-refractivity contribution in [2.75, 3.05) is 13.1 Å². The first kappa shape index (κ1) is 19.7. The molecule has 2 aliphatic rings. The predicted molar refractivity (Wildman–Crippen MR) is 105 cm³/mol. The highest BCUT2D eigenvalue weighted by Crippen LogP contribution is 2.20. The number of unbranched alkanes of at least 4 members (excludes halogenated alkanes) is 2. The lowest BCUT2D eigenvalue weighted by Gasteiger charge is -2.28. The summed E-state index contributed by atoms with van der Waals surface area (Å²) < 4.78 is 1.97. The Morgan fingerprint density at radius 2 is 2.00 bits per heavy atom. The van der Waals surface area contributed by atoms with Crippen LogP contribution in [0.5, 0.6) is 0 Å². The number of carbonyl (C=O) groups is 3. The predicted octanol–water partition coefficient (Wildman–Crippen LogP) is 2.10. The number of hydrogen-bond donors (Lipinski definition) is 1. The Bertz CT molecular complexity index is 795. The Morgan fingerprint density at radius 1 is 1.11 bits per heavy atom. The minimum Gasteiger partial charge on any atom is -0.356 e. The van der Waals surface area contributed by atoms with E-state index in [1.807, 2.05) is 10.8 Å². The van der Waals surface area contributed by atoms with Crippen molar-refractivity contribution >= 4 is 23.6 Å². The van der Waals surface area contributed by atoms with Crippen molar-refractivity contribution in [1.29, 1.82) is 0 Å². The molecule has 2 heterocycles. The van der Waals surface area contributed by atoms with Crippen LogP contribution in [-0.2, 0) is 16.1 Å². The molecule has 0 bridgehead atoms. The molecule has 8 nitrogen and oxygen atoms in total. The zero-order valence-corrected chi connectivity index (χ0v) is 15.8. The minimum absolute atomic E-state index is 0.0316. The van der Waals surface area contributed by atoms with E-state index in [0.29, 0.717) is 31.6 Å². The monoisotopic (exact) mass is 383 g/mol. The molecule has 1 aromatic rings. The molecule has 0 aromatic carbocycles. The van der Waals surface area contributed by atoms with Gasteiger partial charge in [0.1, 0.15) is 0 Å². The van der Waals surface area contributed by atoms with E-state index in [9.17, 15) is 14.4 Å². The number of nitrogens with zero attached hydrogens (tertiary/aromatic N) is 4. The first-order valence-electron chi connectivity index (χ1n) is 9.66. The summed E-state index contributed by atoms with van der Waals surface area (Å²) >= 11 is 0. The average molecular weight is 383 g/mol. The Morgan fingerprint density at radius 3 is 2.82 bits per heavy atom. The molecular weight excluding hydrogens is 358 g/mol. The van der Waals surface area contributed by atoms with Crippen LogP contribution in [0.4, 0.5) is 4.79 Å². The highest BCUT2D eigenvalue weighted by atomic mass is 16.2. The number of aromatic nitrogens is 2. The summed E-state index contributed by atoms with van der Waals surface area (Å²) in [5.41, 5.74) is 0.512. The summed E-state index contributed by atoms with van der Waals surface area (Å²) in [4.78, 5) is 45.5. The number of aryl methyl sites for hydroxylation is 1. The summed E-state index contributed by atoms with van der Waals surface area (Å²) in [7, 11) is 0. The van der Waals surface area contributed by atoms with Crippen LogP contribution in [-0.4, -0.2) is 51.1 Å². The molecule has 1 atom stereocenters. The van der Waals surface area contributed by atoms with Gasteiger partial charge in [-0.1, -0.05) is 24.6 Å². The third kappa shape index (κ3) is 5.25. The van der Waals surface area contributed by atoms with Crippen LogP contribution in [0.3, 0.4) is 0 Å². The fraction of sp³-hybridized carbons (Fsp3) is 0.450. The van der Waals surface area contributed by atoms with Crippen molar-refractivity contribution in [3.8, 4) is 0 Å². The van der Waals surface area contributed by atoms with Gasteiger partial charge in [0.15, 0.2) is 0 Å². The lowest BCUT2D eigenvalue weighted by atomic mass is 9.95. The van der Waals surface area contributed by atoms with Crippen LogP contribution in [0, 0.1) is 5.92 Å². The van der Waals surface area contributed by atoms with Gasteiger partial charge in [0, 0.05) is 38.4 Å². The summed E-state index contributed by atoms with van der Waals surface area (Å²) in [5, 5.41) is 2.91. The van der Waals surface area contributed by atoms with Crippen molar-refractivity contribution in [1.82, 2.24) is 19.8 Å². The molecule has 8 heteroatoms. The molecule has 0 fully saturated rings. The van der Waals surface area contributed by atoms with E-state index in [0.717, 1.165) is 25.8 Å². The second-order valence-electron chi connectivity index (χ2n) is 6.85. The van der Waals surface area contributed by atoms with E-state index >= 15 is 0 Å². The number of rotatable bonds is 10. The summed E-state index contributed by atoms with van der Waals surface area (Å²) in [6.45, 7) is 1.81. The van der Waals surface area contributed by atoms with Crippen LogP contribution in [0.2, 0.25) is 0 Å². The highest BCUT2D eigenvalue weighted by Gasteiger charge is 2.35. The number of hydrogen-bond acceptors (Lipinski definition) is 4. The number of amides is 4. The molecule has 3 rings (SSSR count). The molecule has 0 spiro atoms. The maximum absolute atomic E-state index is 12.4. The SMILES string of the molecule is O=C(CCCCCN1C(=O)N=C2C=CC=CC2C1=O)NCCCn1ccnc1. The van der Waals surface area contributed by atoms with Gasteiger partial charge in [0.2, 0.25) is 11.8 Å². The summed E-state index contributed by atoms with van der Waals surface area (Å²) in [6, 6.07) is -0.494. The van der Waals surface area contributed by atoms with Gasteiger partial charge in [0.25, 0.3) is 0 Å². The molecule has 0 saturated carbocycles. The number of imidazole rings is 1. The largest absolute Gasteiger partial charge is 0.356 e. The molecule has 1 aliphatic heterocycles. The number of allylic oxidation sites excluding steroid dienone is 3. The maximum Gasteiger partial charge on any atom is 0.350 e. The Kier molecular flexibility index (Phi) is 6.89. The number of urea groups is 1. The molecule has 1 aromatic heterocycles. The zero-order valence-electron chi connectivity index (χ0n) is 15.8. The van der Waals surface area contributed by atoms with Gasteiger partial charge in [-0.15, -0.1) is 0 Å². The molecule has 4 amide bonds. The van der Waals surface area contributed by atoms with Crippen LogP contribution in [0.15, 0.2) is 48.0 Å². The summed E-state index contributed by atoms with van der Waals surface area (Å²) in [6.07, 6.45) is 15.9. The fourth-order valence-electron chi connectivity index (χ4n) is 3.22. The van der Waals surface area contributed by atoms with Gasteiger partial charge in [-0.25, -0.2) is 9.78 Å². The van der Waals surface area contributed by atoms with Crippen molar-refractivity contribution in [2.45, 2.75) is 38.6 Å². The first-order chi connectivity index (χ1) is 13.6. The molecule has 28 heavy (non-hydrogen) atoms. The normalized spacial score (nSPS) is 18.2. The third-order valence-corrected chi connectivity index (χ3v) is 4.75. The van der Waals surface area contributed by atoms with E-state index in [1.165, 1.54) is 4.90 Å². The van der Waals surface area contributed by atoms with Crippen molar-refractivity contribution in [2.24, 2.45) is 10.9 Å². The quantitative estimate of drug-likeness (QED) is 0.626. The second-order valence-corrected chi connectivity index (χ2v) is 6.85. The van der Waals surface area contributed by atoms with E-state index in [-0.39, 0.29) is 11.8 Å². The first-order valence-corrected chi connectivity index (χ1v) is 9.66. The number of fused-ring (bicyclic) bond motifs is 1. The maximum atomic E-state index is 12.4. The van der Waals surface area contributed by atoms with Crippen molar-refractivity contribution in [3.05, 3.63) is 43.0 Å². The average Bonchev–Trinajstić information content (AvgIpc) is 3.21. The van der Waals surface area contributed by atoms with E-state index < -0.39 is 11.9 Å². The second kappa shape index (κ2) is 9.77. The highest BCUT2D eigenvalue weighted by molar-refractivity contribution is 6.21. The van der Waals surface area contributed by atoms with Crippen LogP contribution >= 0.6 is 0 Å². The zero-order chi connectivity index (χ0) is 19.8. The topological polar surface area (TPSA) is 96.7 Å². The summed E-state index contributed by atoms with van der Waals surface area (Å²) in [5.74, 6) is -0.633. The fourth-order valence-corrected chi connectivity index (χ4v) is 3.22. The smallest absolute Gasteiger partial charge is 0.350 e. The minimum atomic E-state index is -0.494. The lowest BCUT2D eigenvalue weighted by Crippen LogP contribution is -2.46. The Labute approximate surface area is 164 Å². The molecule has 1 N–H and O–H groups in total. The van der Waals surface area contributed by atoms with Gasteiger partial charge in [-0.2, -0.15) is 4.99 Å². The molecule has 148 valence electrons. The van der Waals surface area contributed by atoms with Gasteiger partial charge in [0.05, 0.1) is 18.0 Å². The number of carbonyl (C=O) groups excluding carboxylic acids is 3. The molecule has 1 unspecified atom stereocenters. The third-order valence-electron chi connectivity index (χ3n) is 4.75. The lowest BCUT2D eigenvalue weighted by molar-refractivity contribution is -0.129. The molecular formula is C20H25N5O3. The van der Waals surface area contributed by atoms with Gasteiger partial charge in [-0.3, -0.25) is 14.5 Å². The number of nitrogens with one attached hydrogen (secondary N) is 1. The molecule has 0 saturated heterocycles.